The Bertz CT molecular complexity index is 362. The molecule has 1 aromatic rings. The molecule has 1 aliphatic rings. The summed E-state index contributed by atoms with van der Waals surface area (Å²) in [6.07, 6.45) is 1.35. The van der Waals surface area contributed by atoms with Gasteiger partial charge in [0.05, 0.1) is 6.61 Å². The summed E-state index contributed by atoms with van der Waals surface area (Å²) in [7, 11) is 1.62. The van der Waals surface area contributed by atoms with E-state index >= 15 is 0 Å². The van der Waals surface area contributed by atoms with Crippen molar-refractivity contribution >= 4 is 0 Å². The molecule has 1 fully saturated rings. The van der Waals surface area contributed by atoms with Gasteiger partial charge in [0, 0.05) is 33.2 Å². The first-order valence-electron chi connectivity index (χ1n) is 5.55. The molecule has 0 bridgehead atoms. The predicted molar refractivity (Wildman–Crippen MR) is 57.1 cm³/mol. The van der Waals surface area contributed by atoms with Crippen LogP contribution < -0.4 is 5.73 Å². The molecule has 17 heavy (non-hydrogen) atoms. The highest BCUT2D eigenvalue weighted by atomic mass is 16.5. The molecule has 3 N–H and O–H groups in total. The fourth-order valence-corrected chi connectivity index (χ4v) is 1.87. The maximum atomic E-state index is 8.93. The third-order valence-electron chi connectivity index (χ3n) is 3.05. The van der Waals surface area contributed by atoms with Crippen LogP contribution in [0.2, 0.25) is 0 Å². The molecule has 0 spiro atoms. The van der Waals surface area contributed by atoms with Crippen molar-refractivity contribution < 1.29 is 19.1 Å². The zero-order valence-electron chi connectivity index (χ0n) is 9.76. The van der Waals surface area contributed by atoms with Gasteiger partial charge >= 0.3 is 0 Å². The van der Waals surface area contributed by atoms with Crippen LogP contribution in [0.4, 0.5) is 0 Å². The van der Waals surface area contributed by atoms with E-state index in [0.717, 1.165) is 0 Å². The summed E-state index contributed by atoms with van der Waals surface area (Å²) in [6, 6.07) is -0.648. The molecule has 1 saturated heterocycles. The van der Waals surface area contributed by atoms with E-state index in [2.05, 4.69) is 10.1 Å². The molecule has 1 atom stereocenters. The molecule has 2 heterocycles. The number of nitrogens with two attached hydrogens (primary N) is 1. The van der Waals surface area contributed by atoms with E-state index in [9.17, 15) is 0 Å². The Morgan fingerprint density at radius 3 is 2.82 bits per heavy atom. The van der Waals surface area contributed by atoms with Gasteiger partial charge in [-0.2, -0.15) is 4.98 Å². The molecule has 2 rings (SSSR count). The van der Waals surface area contributed by atoms with Crippen molar-refractivity contribution in [1.29, 1.82) is 0 Å². The van der Waals surface area contributed by atoms with Crippen molar-refractivity contribution in [1.82, 2.24) is 10.1 Å². The molecular weight excluding hydrogens is 226 g/mol. The van der Waals surface area contributed by atoms with Crippen LogP contribution in [0.15, 0.2) is 4.52 Å². The number of hydrogen-bond acceptors (Lipinski definition) is 7. The van der Waals surface area contributed by atoms with Crippen LogP contribution in [0.3, 0.4) is 0 Å². The molecule has 96 valence electrons. The quantitative estimate of drug-likeness (QED) is 0.749. The average molecular weight is 243 g/mol. The van der Waals surface area contributed by atoms with Gasteiger partial charge in [-0.25, -0.2) is 0 Å². The minimum Gasteiger partial charge on any atom is -0.394 e. The van der Waals surface area contributed by atoms with Crippen LogP contribution in [-0.2, 0) is 15.1 Å². The normalized spacial score (nSPS) is 21.4. The summed E-state index contributed by atoms with van der Waals surface area (Å²) < 4.78 is 15.8. The number of nitrogens with zero attached hydrogens (tertiary/aromatic N) is 2. The fourth-order valence-electron chi connectivity index (χ4n) is 1.87. The maximum Gasteiger partial charge on any atom is 0.246 e. The second kappa shape index (κ2) is 5.09. The number of ether oxygens (including phenoxy) is 2. The number of aromatic nitrogens is 2. The molecule has 7 heteroatoms. The second-order valence-electron chi connectivity index (χ2n) is 4.06. The van der Waals surface area contributed by atoms with Crippen LogP contribution in [0.25, 0.3) is 0 Å². The second-order valence-corrected chi connectivity index (χ2v) is 4.06. The third-order valence-corrected chi connectivity index (χ3v) is 3.05. The van der Waals surface area contributed by atoms with E-state index in [1.807, 2.05) is 0 Å². The lowest BCUT2D eigenvalue weighted by atomic mass is 9.93. The molecule has 0 radical (unpaired) electrons. The first kappa shape index (κ1) is 12.4. The number of rotatable bonds is 4. The number of methoxy groups -OCH3 is 1. The Kier molecular flexibility index (Phi) is 3.72. The van der Waals surface area contributed by atoms with Gasteiger partial charge in [-0.3, -0.25) is 0 Å². The van der Waals surface area contributed by atoms with Crippen molar-refractivity contribution in [3.05, 3.63) is 11.7 Å². The van der Waals surface area contributed by atoms with Gasteiger partial charge in [-0.15, -0.1) is 0 Å². The molecule has 1 aliphatic heterocycles. The fraction of sp³-hybridized carbons (Fsp3) is 0.800. The van der Waals surface area contributed by atoms with Crippen molar-refractivity contribution in [2.75, 3.05) is 26.9 Å². The highest BCUT2D eigenvalue weighted by Gasteiger charge is 2.39. The summed E-state index contributed by atoms with van der Waals surface area (Å²) in [5.74, 6) is 0.701. The van der Waals surface area contributed by atoms with Crippen LogP contribution in [0.1, 0.15) is 30.6 Å². The monoisotopic (exact) mass is 243 g/mol. The molecule has 0 aliphatic carbocycles. The van der Waals surface area contributed by atoms with Crippen LogP contribution in [-0.4, -0.2) is 42.2 Å². The van der Waals surface area contributed by atoms with Gasteiger partial charge in [-0.05, 0) is 0 Å². The lowest BCUT2D eigenvalue weighted by molar-refractivity contribution is -0.101. The smallest absolute Gasteiger partial charge is 0.246 e. The lowest BCUT2D eigenvalue weighted by Crippen LogP contribution is -2.36. The van der Waals surface area contributed by atoms with Crippen LogP contribution >= 0.6 is 0 Å². The molecule has 1 aromatic heterocycles. The van der Waals surface area contributed by atoms with E-state index in [4.69, 9.17) is 24.8 Å². The highest BCUT2D eigenvalue weighted by molar-refractivity contribution is 5.04. The van der Waals surface area contributed by atoms with E-state index in [1.165, 1.54) is 0 Å². The summed E-state index contributed by atoms with van der Waals surface area (Å²) in [6.45, 7) is 0.970. The summed E-state index contributed by atoms with van der Waals surface area (Å²) in [5, 5.41) is 12.8. The highest BCUT2D eigenvalue weighted by Crippen LogP contribution is 2.33. The van der Waals surface area contributed by atoms with Crippen molar-refractivity contribution in [3.8, 4) is 0 Å². The zero-order valence-corrected chi connectivity index (χ0v) is 9.76. The van der Waals surface area contributed by atoms with Gasteiger partial charge in [0.25, 0.3) is 0 Å². The molecular formula is C10H17N3O4. The van der Waals surface area contributed by atoms with Crippen molar-refractivity contribution in [2.24, 2.45) is 5.73 Å². The average Bonchev–Trinajstić information content (AvgIpc) is 2.88. The van der Waals surface area contributed by atoms with E-state index in [0.29, 0.717) is 31.9 Å². The first-order valence-corrected chi connectivity index (χ1v) is 5.55. The molecule has 0 saturated carbocycles. The minimum atomic E-state index is -0.648. The summed E-state index contributed by atoms with van der Waals surface area (Å²) in [5.41, 5.74) is 5.05. The Labute approximate surface area is 98.9 Å². The van der Waals surface area contributed by atoms with Crippen LogP contribution in [0.5, 0.6) is 0 Å². The maximum absolute atomic E-state index is 8.93. The van der Waals surface area contributed by atoms with Gasteiger partial charge in [-0.1, -0.05) is 5.16 Å². The molecule has 7 nitrogen and oxygen atoms in total. The van der Waals surface area contributed by atoms with Gasteiger partial charge < -0.3 is 24.8 Å². The van der Waals surface area contributed by atoms with Crippen LogP contribution in [0, 0.1) is 0 Å². The van der Waals surface area contributed by atoms with Crippen molar-refractivity contribution in [3.63, 3.8) is 0 Å². The SMILES string of the molecule is COC1(c2noc([C@H](N)CO)n2)CCOCC1. The predicted octanol–water partition coefficient (Wildman–Crippen LogP) is -0.286. The topological polar surface area (TPSA) is 104 Å². The Hall–Kier alpha value is -1.02. The van der Waals surface area contributed by atoms with E-state index in [-0.39, 0.29) is 12.5 Å². The summed E-state index contributed by atoms with van der Waals surface area (Å²) in [4.78, 5) is 4.20. The number of aliphatic hydroxyl groups is 1. The Morgan fingerprint density at radius 2 is 2.24 bits per heavy atom. The van der Waals surface area contributed by atoms with E-state index < -0.39 is 11.6 Å². The first-order chi connectivity index (χ1) is 8.22. The van der Waals surface area contributed by atoms with Gasteiger partial charge in [0.2, 0.25) is 11.7 Å². The molecule has 0 amide bonds. The Morgan fingerprint density at radius 1 is 1.53 bits per heavy atom. The third kappa shape index (κ3) is 2.32. The van der Waals surface area contributed by atoms with Crippen molar-refractivity contribution in [2.45, 2.75) is 24.5 Å². The van der Waals surface area contributed by atoms with E-state index in [1.54, 1.807) is 7.11 Å². The number of aliphatic hydroxyl groups excluding tert-OH is 1. The number of hydrogen-bond donors (Lipinski definition) is 2. The summed E-state index contributed by atoms with van der Waals surface area (Å²) >= 11 is 0. The molecule has 0 unspecified atom stereocenters. The zero-order chi connectivity index (χ0) is 12.3. The lowest BCUT2D eigenvalue weighted by Gasteiger charge is -2.32. The molecule has 0 aromatic carbocycles. The van der Waals surface area contributed by atoms with Gasteiger partial charge in [0.15, 0.2) is 0 Å². The minimum absolute atomic E-state index is 0.227. The van der Waals surface area contributed by atoms with Gasteiger partial charge in [0.1, 0.15) is 11.6 Å². The standard InChI is InChI=1S/C10H17N3O4/c1-15-10(2-4-16-5-3-10)9-12-8(17-13-9)7(11)6-14/h7,14H,2-6,11H2,1H3/t7-/m1/s1. The largest absolute Gasteiger partial charge is 0.394 e. The Balaban J connectivity index is 2.22.